The lowest BCUT2D eigenvalue weighted by atomic mass is 9.99. The van der Waals surface area contributed by atoms with Crippen LogP contribution in [0.25, 0.3) is 22.2 Å². The van der Waals surface area contributed by atoms with E-state index in [2.05, 4.69) is 20.9 Å². The molecule has 7 heteroatoms. The molecule has 2 fully saturated rings. The summed E-state index contributed by atoms with van der Waals surface area (Å²) in [6.07, 6.45) is 3.92. The van der Waals surface area contributed by atoms with Crippen LogP contribution in [-0.4, -0.2) is 47.5 Å². The monoisotopic (exact) mass is 408 g/mol. The van der Waals surface area contributed by atoms with Crippen LogP contribution >= 0.6 is 0 Å². The molecular formula is C23H25FN4O2. The lowest BCUT2D eigenvalue weighted by molar-refractivity contribution is -0.119. The number of nitrogens with two attached hydrogens (primary N) is 1. The number of nitrogens with one attached hydrogen (secondary N) is 1. The Kier molecular flexibility index (Phi) is 4.70. The highest BCUT2D eigenvalue weighted by Crippen LogP contribution is 2.47. The third-order valence-electron chi connectivity index (χ3n) is 6.65. The van der Waals surface area contributed by atoms with Crippen LogP contribution in [0.4, 0.5) is 4.39 Å². The summed E-state index contributed by atoms with van der Waals surface area (Å²) in [5.74, 6) is 1.71. The zero-order valence-corrected chi connectivity index (χ0v) is 16.9. The van der Waals surface area contributed by atoms with Crippen molar-refractivity contribution >= 4 is 16.9 Å². The zero-order valence-electron chi connectivity index (χ0n) is 16.9. The van der Waals surface area contributed by atoms with Gasteiger partial charge < -0.3 is 15.5 Å². The summed E-state index contributed by atoms with van der Waals surface area (Å²) in [4.78, 5) is 21.4. The number of aromatic amines is 1. The first-order chi connectivity index (χ1) is 14.5. The third-order valence-corrected chi connectivity index (χ3v) is 6.65. The highest BCUT2D eigenvalue weighted by molar-refractivity contribution is 5.95. The normalized spacial score (nSPS) is 23.7. The summed E-state index contributed by atoms with van der Waals surface area (Å²) >= 11 is 0. The molecule has 1 amide bonds. The number of likely N-dealkylation sites (tertiary alicyclic amines) is 1. The number of methoxy groups -OCH3 is 1. The Morgan fingerprint density at radius 1 is 1.23 bits per heavy atom. The Bertz CT molecular complexity index is 1100. The van der Waals surface area contributed by atoms with Crippen molar-refractivity contribution in [3.05, 3.63) is 48.0 Å². The number of benzene rings is 1. The molecule has 3 N–H and O–H groups in total. The van der Waals surface area contributed by atoms with Gasteiger partial charge in [0.05, 0.1) is 13.7 Å². The number of hydrogen-bond acceptors (Lipinski definition) is 4. The SMILES string of the molecule is COc1ccc(F)cc1-c1ccnc2[nH]c([C@H]3C[C@@H]4CN(CC(N)=O)C[C@@H]4C3)cc12. The van der Waals surface area contributed by atoms with Gasteiger partial charge in [-0.05, 0) is 66.5 Å². The maximum Gasteiger partial charge on any atom is 0.231 e. The third kappa shape index (κ3) is 3.33. The molecule has 1 saturated carbocycles. The number of ether oxygens (including phenoxy) is 1. The molecule has 2 aliphatic rings. The number of hydrogen-bond donors (Lipinski definition) is 2. The number of H-pyrrole nitrogens is 1. The Morgan fingerprint density at radius 3 is 2.70 bits per heavy atom. The molecule has 1 aromatic carbocycles. The zero-order chi connectivity index (χ0) is 20.8. The molecule has 30 heavy (non-hydrogen) atoms. The van der Waals surface area contributed by atoms with Crippen LogP contribution in [0.5, 0.6) is 5.75 Å². The smallest absolute Gasteiger partial charge is 0.231 e. The Hall–Kier alpha value is -2.93. The van der Waals surface area contributed by atoms with Crippen LogP contribution in [0.1, 0.15) is 24.5 Å². The second-order valence-corrected chi connectivity index (χ2v) is 8.54. The van der Waals surface area contributed by atoms with E-state index in [0.717, 1.165) is 48.1 Å². The summed E-state index contributed by atoms with van der Waals surface area (Å²) in [6, 6.07) is 8.63. The molecular weight excluding hydrogens is 383 g/mol. The summed E-state index contributed by atoms with van der Waals surface area (Å²) in [5, 5.41) is 0.976. The number of nitrogens with zero attached hydrogens (tertiary/aromatic N) is 2. The van der Waals surface area contributed by atoms with Crippen molar-refractivity contribution in [1.82, 2.24) is 14.9 Å². The van der Waals surface area contributed by atoms with Crippen molar-refractivity contribution in [2.24, 2.45) is 17.6 Å². The van der Waals surface area contributed by atoms with Gasteiger partial charge in [0, 0.05) is 35.9 Å². The largest absolute Gasteiger partial charge is 0.496 e. The lowest BCUT2D eigenvalue weighted by Crippen LogP contribution is -2.32. The highest BCUT2D eigenvalue weighted by atomic mass is 19.1. The first-order valence-corrected chi connectivity index (χ1v) is 10.3. The summed E-state index contributed by atoms with van der Waals surface area (Å²) in [5.41, 5.74) is 8.97. The van der Waals surface area contributed by atoms with Gasteiger partial charge >= 0.3 is 0 Å². The van der Waals surface area contributed by atoms with Crippen LogP contribution in [-0.2, 0) is 4.79 Å². The molecule has 3 atom stereocenters. The van der Waals surface area contributed by atoms with E-state index in [1.54, 1.807) is 19.4 Å². The predicted octanol–water partition coefficient (Wildman–Crippen LogP) is 3.29. The van der Waals surface area contributed by atoms with E-state index in [4.69, 9.17) is 10.5 Å². The van der Waals surface area contributed by atoms with Crippen molar-refractivity contribution in [2.45, 2.75) is 18.8 Å². The van der Waals surface area contributed by atoms with Gasteiger partial charge in [0.25, 0.3) is 0 Å². The molecule has 6 nitrogen and oxygen atoms in total. The predicted molar refractivity (Wildman–Crippen MR) is 113 cm³/mol. The van der Waals surface area contributed by atoms with Crippen LogP contribution in [0, 0.1) is 17.7 Å². The Morgan fingerprint density at radius 2 is 2.00 bits per heavy atom. The van der Waals surface area contributed by atoms with E-state index < -0.39 is 0 Å². The average Bonchev–Trinajstić information content (AvgIpc) is 3.39. The maximum absolute atomic E-state index is 14.0. The lowest BCUT2D eigenvalue weighted by Gasteiger charge is -2.16. The van der Waals surface area contributed by atoms with Crippen molar-refractivity contribution < 1.29 is 13.9 Å². The quantitative estimate of drug-likeness (QED) is 0.679. The maximum atomic E-state index is 14.0. The van der Waals surface area contributed by atoms with Crippen molar-refractivity contribution in [2.75, 3.05) is 26.7 Å². The van der Waals surface area contributed by atoms with Crippen molar-refractivity contribution in [1.29, 1.82) is 0 Å². The second kappa shape index (κ2) is 7.40. The van der Waals surface area contributed by atoms with Gasteiger partial charge in [0.2, 0.25) is 5.91 Å². The fraction of sp³-hybridized carbons (Fsp3) is 0.391. The Balaban J connectivity index is 1.43. The molecule has 0 radical (unpaired) electrons. The van der Waals surface area contributed by atoms with E-state index in [0.29, 0.717) is 30.0 Å². The van der Waals surface area contributed by atoms with Gasteiger partial charge in [-0.25, -0.2) is 9.37 Å². The van der Waals surface area contributed by atoms with Gasteiger partial charge in [-0.15, -0.1) is 0 Å². The van der Waals surface area contributed by atoms with Crippen LogP contribution in [0.3, 0.4) is 0 Å². The number of pyridine rings is 1. The second-order valence-electron chi connectivity index (χ2n) is 8.54. The molecule has 1 aliphatic carbocycles. The van der Waals surface area contributed by atoms with Gasteiger partial charge in [-0.1, -0.05) is 0 Å². The first kappa shape index (κ1) is 19.1. The molecule has 1 saturated heterocycles. The number of rotatable bonds is 5. The van der Waals surface area contributed by atoms with E-state index in [1.165, 1.54) is 17.8 Å². The molecule has 1 aliphatic heterocycles. The van der Waals surface area contributed by atoms with E-state index in [1.807, 2.05) is 6.07 Å². The number of primary amides is 1. The molecule has 3 aromatic rings. The molecule has 5 rings (SSSR count). The van der Waals surface area contributed by atoms with Gasteiger partial charge in [-0.3, -0.25) is 9.69 Å². The van der Waals surface area contributed by atoms with Crippen molar-refractivity contribution in [3.8, 4) is 16.9 Å². The Labute approximate surface area is 174 Å². The minimum Gasteiger partial charge on any atom is -0.496 e. The number of halogens is 1. The molecule has 0 unspecified atom stereocenters. The molecule has 3 heterocycles. The number of carbonyl (C=O) groups excluding carboxylic acids is 1. The fourth-order valence-corrected chi connectivity index (χ4v) is 5.39. The van der Waals surface area contributed by atoms with Gasteiger partial charge in [-0.2, -0.15) is 0 Å². The standard InChI is InChI=1S/C23H25FN4O2/c1-30-21-3-2-16(24)8-18(21)17-4-5-26-23-19(17)9-20(27-23)13-6-14-10-28(12-22(25)29)11-15(14)7-13/h2-5,8-9,13-15H,6-7,10-12H2,1H3,(H2,25,29)(H,26,27)/t13-,14+,15-. The molecule has 0 spiro atoms. The first-order valence-electron chi connectivity index (χ1n) is 10.3. The summed E-state index contributed by atoms with van der Waals surface area (Å²) < 4.78 is 19.4. The van der Waals surface area contributed by atoms with Crippen LogP contribution in [0.15, 0.2) is 36.5 Å². The van der Waals surface area contributed by atoms with E-state index in [-0.39, 0.29) is 11.7 Å². The minimum absolute atomic E-state index is 0.256. The summed E-state index contributed by atoms with van der Waals surface area (Å²) in [7, 11) is 1.59. The molecule has 2 aromatic heterocycles. The number of fused-ring (bicyclic) bond motifs is 2. The fourth-order valence-electron chi connectivity index (χ4n) is 5.39. The summed E-state index contributed by atoms with van der Waals surface area (Å²) in [6.45, 7) is 2.23. The average molecular weight is 408 g/mol. The van der Waals surface area contributed by atoms with Crippen LogP contribution in [0.2, 0.25) is 0 Å². The van der Waals surface area contributed by atoms with Crippen molar-refractivity contribution in [3.63, 3.8) is 0 Å². The van der Waals surface area contributed by atoms with E-state index >= 15 is 0 Å². The molecule has 156 valence electrons. The highest BCUT2D eigenvalue weighted by Gasteiger charge is 2.41. The number of carbonyl (C=O) groups is 1. The van der Waals surface area contributed by atoms with Gasteiger partial charge in [0.15, 0.2) is 0 Å². The number of amides is 1. The van der Waals surface area contributed by atoms with Gasteiger partial charge in [0.1, 0.15) is 17.2 Å². The van der Waals surface area contributed by atoms with Crippen LogP contribution < -0.4 is 10.5 Å². The topological polar surface area (TPSA) is 84.2 Å². The minimum atomic E-state index is -0.296. The molecule has 0 bridgehead atoms. The number of aromatic nitrogens is 2. The van der Waals surface area contributed by atoms with E-state index in [9.17, 15) is 9.18 Å².